The van der Waals surface area contributed by atoms with Gasteiger partial charge in [0.1, 0.15) is 0 Å². The summed E-state index contributed by atoms with van der Waals surface area (Å²) in [5, 5.41) is 0. The summed E-state index contributed by atoms with van der Waals surface area (Å²) >= 11 is 2.01. The number of carbonyl (C=O) groups is 1. The number of anilines is 2. The molecule has 1 aromatic rings. The molecular weight excluding hydrogens is 268 g/mol. The second-order valence-electron chi connectivity index (χ2n) is 5.89. The van der Waals surface area contributed by atoms with E-state index in [4.69, 9.17) is 5.73 Å². The van der Waals surface area contributed by atoms with Crippen LogP contribution in [0.2, 0.25) is 0 Å². The number of aryl methyl sites for hydroxylation is 1. The molecule has 1 saturated heterocycles. The van der Waals surface area contributed by atoms with Gasteiger partial charge in [0.2, 0.25) is 5.91 Å². The topological polar surface area (TPSA) is 46.3 Å². The number of rotatable bonds is 2. The van der Waals surface area contributed by atoms with E-state index >= 15 is 0 Å². The summed E-state index contributed by atoms with van der Waals surface area (Å²) in [7, 11) is 0. The Balaban J connectivity index is 1.73. The number of thioether (sulfide) groups is 1. The Morgan fingerprint density at radius 1 is 1.40 bits per heavy atom. The van der Waals surface area contributed by atoms with Crippen LogP contribution in [0.5, 0.6) is 0 Å². The summed E-state index contributed by atoms with van der Waals surface area (Å²) in [4.78, 5) is 14.5. The average Bonchev–Trinajstić information content (AvgIpc) is 2.83. The van der Waals surface area contributed by atoms with Crippen molar-refractivity contribution in [3.63, 3.8) is 0 Å². The summed E-state index contributed by atoms with van der Waals surface area (Å²) in [6.45, 7) is 2.85. The molecule has 1 aromatic carbocycles. The van der Waals surface area contributed by atoms with Crippen molar-refractivity contribution in [1.29, 1.82) is 0 Å². The van der Waals surface area contributed by atoms with Crippen molar-refractivity contribution in [2.24, 2.45) is 5.92 Å². The van der Waals surface area contributed by atoms with E-state index in [0.29, 0.717) is 12.3 Å². The van der Waals surface area contributed by atoms with Crippen LogP contribution < -0.4 is 10.6 Å². The van der Waals surface area contributed by atoms with Gasteiger partial charge in [-0.1, -0.05) is 6.07 Å². The van der Waals surface area contributed by atoms with Gasteiger partial charge < -0.3 is 10.6 Å². The van der Waals surface area contributed by atoms with Crippen LogP contribution in [0.1, 0.15) is 30.4 Å². The van der Waals surface area contributed by atoms with Crippen molar-refractivity contribution >= 4 is 29.0 Å². The molecular formula is C16H22N2OS. The van der Waals surface area contributed by atoms with Crippen LogP contribution in [0, 0.1) is 12.8 Å². The molecule has 2 aliphatic rings. The van der Waals surface area contributed by atoms with Gasteiger partial charge in [-0.05, 0) is 60.8 Å². The van der Waals surface area contributed by atoms with E-state index < -0.39 is 0 Å². The Morgan fingerprint density at radius 2 is 2.15 bits per heavy atom. The van der Waals surface area contributed by atoms with E-state index in [-0.39, 0.29) is 5.91 Å². The first kappa shape index (κ1) is 13.8. The molecule has 0 unspecified atom stereocenters. The molecule has 108 valence electrons. The van der Waals surface area contributed by atoms with Gasteiger partial charge in [-0.2, -0.15) is 11.8 Å². The van der Waals surface area contributed by atoms with E-state index in [2.05, 4.69) is 6.07 Å². The molecule has 4 heteroatoms. The number of hydrogen-bond acceptors (Lipinski definition) is 3. The van der Waals surface area contributed by atoms with E-state index in [1.807, 2.05) is 29.7 Å². The number of nitrogens with zero attached hydrogens (tertiary/aromatic N) is 1. The first-order chi connectivity index (χ1) is 9.65. The van der Waals surface area contributed by atoms with E-state index in [0.717, 1.165) is 29.9 Å². The predicted molar refractivity (Wildman–Crippen MR) is 86.3 cm³/mol. The third kappa shape index (κ3) is 2.66. The highest BCUT2D eigenvalue weighted by Gasteiger charge is 2.27. The lowest BCUT2D eigenvalue weighted by atomic mass is 9.98. The lowest BCUT2D eigenvalue weighted by Crippen LogP contribution is -2.31. The van der Waals surface area contributed by atoms with Crippen molar-refractivity contribution in [3.05, 3.63) is 23.3 Å². The first-order valence-corrected chi connectivity index (χ1v) is 8.57. The molecule has 3 rings (SSSR count). The molecule has 20 heavy (non-hydrogen) atoms. The maximum atomic E-state index is 12.6. The Kier molecular flexibility index (Phi) is 3.92. The zero-order valence-corrected chi connectivity index (χ0v) is 12.8. The highest BCUT2D eigenvalue weighted by Crippen LogP contribution is 2.34. The van der Waals surface area contributed by atoms with Gasteiger partial charge in [0.05, 0.1) is 0 Å². The minimum Gasteiger partial charge on any atom is -0.398 e. The molecule has 1 amide bonds. The zero-order chi connectivity index (χ0) is 14.1. The summed E-state index contributed by atoms with van der Waals surface area (Å²) < 4.78 is 0. The molecule has 0 atom stereocenters. The molecule has 0 aromatic heterocycles. The van der Waals surface area contributed by atoms with Crippen LogP contribution in [0.3, 0.4) is 0 Å². The minimum absolute atomic E-state index is 0.281. The minimum atomic E-state index is 0.281. The number of nitrogens with two attached hydrogens (primary N) is 1. The molecule has 2 heterocycles. The highest BCUT2D eigenvalue weighted by atomic mass is 32.2. The Bertz CT molecular complexity index is 523. The SMILES string of the molecule is Cc1cc2c(cc1N)N(C(=O)CC1CCSCC1)CC2. The normalized spacial score (nSPS) is 19.1. The molecule has 0 spiro atoms. The lowest BCUT2D eigenvalue weighted by molar-refractivity contribution is -0.119. The fourth-order valence-electron chi connectivity index (χ4n) is 3.14. The maximum absolute atomic E-state index is 12.6. The molecule has 1 fully saturated rings. The summed E-state index contributed by atoms with van der Waals surface area (Å²) in [5.74, 6) is 3.28. The fourth-order valence-corrected chi connectivity index (χ4v) is 4.35. The highest BCUT2D eigenvalue weighted by molar-refractivity contribution is 7.99. The van der Waals surface area contributed by atoms with Crippen molar-refractivity contribution in [2.45, 2.75) is 32.6 Å². The lowest BCUT2D eigenvalue weighted by Gasteiger charge is -2.24. The monoisotopic (exact) mass is 290 g/mol. The number of amides is 1. The van der Waals surface area contributed by atoms with E-state index in [1.165, 1.54) is 29.9 Å². The van der Waals surface area contributed by atoms with Gasteiger partial charge in [0.25, 0.3) is 0 Å². The van der Waals surface area contributed by atoms with Crippen molar-refractivity contribution in [1.82, 2.24) is 0 Å². The summed E-state index contributed by atoms with van der Waals surface area (Å²) in [5.41, 5.74) is 10.2. The third-order valence-corrected chi connectivity index (χ3v) is 5.52. The number of fused-ring (bicyclic) bond motifs is 1. The van der Waals surface area contributed by atoms with Crippen LogP contribution in [0.4, 0.5) is 11.4 Å². The average molecular weight is 290 g/mol. The van der Waals surface area contributed by atoms with Crippen LogP contribution >= 0.6 is 11.8 Å². The van der Waals surface area contributed by atoms with Gasteiger partial charge in [-0.3, -0.25) is 4.79 Å². The summed E-state index contributed by atoms with van der Waals surface area (Å²) in [6.07, 6.45) is 4.04. The van der Waals surface area contributed by atoms with Crippen molar-refractivity contribution < 1.29 is 4.79 Å². The molecule has 2 aliphatic heterocycles. The Hall–Kier alpha value is -1.16. The van der Waals surface area contributed by atoms with Gasteiger partial charge in [0, 0.05) is 24.3 Å². The van der Waals surface area contributed by atoms with Crippen LogP contribution in [-0.4, -0.2) is 24.0 Å². The van der Waals surface area contributed by atoms with Gasteiger partial charge >= 0.3 is 0 Å². The smallest absolute Gasteiger partial charge is 0.227 e. The zero-order valence-electron chi connectivity index (χ0n) is 12.0. The largest absolute Gasteiger partial charge is 0.398 e. The first-order valence-electron chi connectivity index (χ1n) is 7.42. The fraction of sp³-hybridized carbons (Fsp3) is 0.562. The predicted octanol–water partition coefficient (Wildman–Crippen LogP) is 3.00. The van der Waals surface area contributed by atoms with Gasteiger partial charge in [-0.25, -0.2) is 0 Å². The molecule has 3 nitrogen and oxygen atoms in total. The van der Waals surface area contributed by atoms with Crippen molar-refractivity contribution in [2.75, 3.05) is 28.7 Å². The quantitative estimate of drug-likeness (QED) is 0.852. The summed E-state index contributed by atoms with van der Waals surface area (Å²) in [6, 6.07) is 4.11. The standard InChI is InChI=1S/C16H22N2OS/c1-11-8-13-2-5-18(15(13)10-14(11)17)16(19)9-12-3-6-20-7-4-12/h8,10,12H,2-7,9,17H2,1H3. The molecule has 0 aliphatic carbocycles. The third-order valence-electron chi connectivity index (χ3n) is 4.47. The number of benzene rings is 1. The second kappa shape index (κ2) is 5.68. The maximum Gasteiger partial charge on any atom is 0.227 e. The van der Waals surface area contributed by atoms with Crippen LogP contribution in [0.15, 0.2) is 12.1 Å². The van der Waals surface area contributed by atoms with Gasteiger partial charge in [0.15, 0.2) is 0 Å². The molecule has 2 N–H and O–H groups in total. The van der Waals surface area contributed by atoms with Crippen LogP contribution in [-0.2, 0) is 11.2 Å². The number of hydrogen-bond donors (Lipinski definition) is 1. The Labute approximate surface area is 124 Å². The van der Waals surface area contributed by atoms with Crippen molar-refractivity contribution in [3.8, 4) is 0 Å². The number of carbonyl (C=O) groups excluding carboxylic acids is 1. The molecule has 0 bridgehead atoms. The van der Waals surface area contributed by atoms with Crippen LogP contribution in [0.25, 0.3) is 0 Å². The van der Waals surface area contributed by atoms with E-state index in [1.54, 1.807) is 0 Å². The van der Waals surface area contributed by atoms with Gasteiger partial charge in [-0.15, -0.1) is 0 Å². The Morgan fingerprint density at radius 3 is 2.90 bits per heavy atom. The second-order valence-corrected chi connectivity index (χ2v) is 7.12. The number of nitrogen functional groups attached to an aromatic ring is 1. The van der Waals surface area contributed by atoms with E-state index in [9.17, 15) is 4.79 Å². The molecule has 0 saturated carbocycles. The molecule has 0 radical (unpaired) electrons.